The molecular formula is C12H11N3O3. The van der Waals surface area contributed by atoms with Crippen molar-refractivity contribution >= 4 is 17.7 Å². The first-order chi connectivity index (χ1) is 8.52. The summed E-state index contributed by atoms with van der Waals surface area (Å²) in [6.45, 7) is 1.81. The van der Waals surface area contributed by atoms with Crippen molar-refractivity contribution in [3.05, 3.63) is 23.4 Å². The lowest BCUT2D eigenvalue weighted by Crippen LogP contribution is -2.26. The van der Waals surface area contributed by atoms with Gasteiger partial charge in [0, 0.05) is 13.0 Å². The number of carboxylic acids is 1. The van der Waals surface area contributed by atoms with Gasteiger partial charge in [-0.25, -0.2) is 4.98 Å². The lowest BCUT2D eigenvalue weighted by molar-refractivity contribution is -0.141. The van der Waals surface area contributed by atoms with Gasteiger partial charge in [-0.3, -0.25) is 14.5 Å². The smallest absolute Gasteiger partial charge is 0.308 e. The summed E-state index contributed by atoms with van der Waals surface area (Å²) < 4.78 is 0. The average Bonchev–Trinajstić information content (AvgIpc) is 2.71. The summed E-state index contributed by atoms with van der Waals surface area (Å²) in [5.41, 5.74) is 0.974. The molecule has 0 aromatic carbocycles. The van der Waals surface area contributed by atoms with Gasteiger partial charge in [0.25, 0.3) is 0 Å². The van der Waals surface area contributed by atoms with Crippen LogP contribution in [0.15, 0.2) is 12.1 Å². The molecule has 6 nitrogen and oxygen atoms in total. The van der Waals surface area contributed by atoms with Crippen molar-refractivity contribution < 1.29 is 14.7 Å². The summed E-state index contributed by atoms with van der Waals surface area (Å²) in [5, 5.41) is 17.7. The summed E-state index contributed by atoms with van der Waals surface area (Å²) in [5.74, 6) is -1.51. The maximum Gasteiger partial charge on any atom is 0.308 e. The van der Waals surface area contributed by atoms with Crippen LogP contribution in [0, 0.1) is 24.2 Å². The Bertz CT molecular complexity index is 562. The SMILES string of the molecule is Cc1nc(N2CC(C(=O)O)CC2=O)ccc1C#N. The van der Waals surface area contributed by atoms with Gasteiger partial charge in [-0.05, 0) is 19.1 Å². The van der Waals surface area contributed by atoms with Gasteiger partial charge >= 0.3 is 5.97 Å². The highest BCUT2D eigenvalue weighted by molar-refractivity contribution is 5.98. The monoisotopic (exact) mass is 245 g/mol. The zero-order chi connectivity index (χ0) is 13.3. The topological polar surface area (TPSA) is 94.3 Å². The minimum atomic E-state index is -0.976. The van der Waals surface area contributed by atoms with E-state index >= 15 is 0 Å². The zero-order valence-electron chi connectivity index (χ0n) is 9.75. The van der Waals surface area contributed by atoms with Crippen LogP contribution in [0.4, 0.5) is 5.82 Å². The van der Waals surface area contributed by atoms with Crippen molar-refractivity contribution in [1.82, 2.24) is 4.98 Å². The van der Waals surface area contributed by atoms with Crippen LogP contribution < -0.4 is 4.90 Å². The first kappa shape index (κ1) is 12.0. The van der Waals surface area contributed by atoms with Crippen LogP contribution in [-0.2, 0) is 9.59 Å². The maximum atomic E-state index is 11.7. The number of carbonyl (C=O) groups is 2. The van der Waals surface area contributed by atoms with E-state index in [4.69, 9.17) is 10.4 Å². The molecule has 0 spiro atoms. The number of hydrogen-bond acceptors (Lipinski definition) is 4. The molecule has 1 aliphatic rings. The number of aromatic nitrogens is 1. The number of carbonyl (C=O) groups excluding carboxylic acids is 1. The number of aryl methyl sites for hydroxylation is 1. The van der Waals surface area contributed by atoms with Crippen molar-refractivity contribution in [2.45, 2.75) is 13.3 Å². The van der Waals surface area contributed by atoms with E-state index in [-0.39, 0.29) is 18.9 Å². The van der Waals surface area contributed by atoms with Crippen molar-refractivity contribution in [2.24, 2.45) is 5.92 Å². The molecule has 1 unspecified atom stereocenters. The number of hydrogen-bond donors (Lipinski definition) is 1. The van der Waals surface area contributed by atoms with E-state index in [1.807, 2.05) is 6.07 Å². The zero-order valence-corrected chi connectivity index (χ0v) is 9.75. The molecule has 6 heteroatoms. The molecule has 1 saturated heterocycles. The van der Waals surface area contributed by atoms with E-state index in [0.717, 1.165) is 0 Å². The lowest BCUT2D eigenvalue weighted by atomic mass is 10.1. The maximum absolute atomic E-state index is 11.7. The van der Waals surface area contributed by atoms with Gasteiger partial charge in [0.15, 0.2) is 0 Å². The fraction of sp³-hybridized carbons (Fsp3) is 0.333. The van der Waals surface area contributed by atoms with E-state index in [0.29, 0.717) is 17.1 Å². The van der Waals surface area contributed by atoms with Crippen LogP contribution >= 0.6 is 0 Å². The van der Waals surface area contributed by atoms with Gasteiger partial charge in [-0.2, -0.15) is 5.26 Å². The summed E-state index contributed by atoms with van der Waals surface area (Å²) in [4.78, 5) is 28.1. The standard InChI is InChI=1S/C12H11N3O3/c1-7-8(5-13)2-3-10(14-7)15-6-9(12(17)18)4-11(15)16/h2-3,9H,4,6H2,1H3,(H,17,18). The number of amides is 1. The number of aliphatic carboxylic acids is 1. The number of nitriles is 1. The van der Waals surface area contributed by atoms with E-state index in [1.54, 1.807) is 19.1 Å². The Balaban J connectivity index is 2.28. The molecule has 1 aliphatic heterocycles. The van der Waals surface area contributed by atoms with E-state index in [2.05, 4.69) is 4.98 Å². The molecule has 2 heterocycles. The molecule has 1 aromatic rings. The normalized spacial score (nSPS) is 18.8. The van der Waals surface area contributed by atoms with E-state index in [1.165, 1.54) is 4.90 Å². The van der Waals surface area contributed by atoms with Crippen molar-refractivity contribution in [3.63, 3.8) is 0 Å². The predicted octanol–water partition coefficient (Wildman–Crippen LogP) is 0.699. The molecular weight excluding hydrogens is 234 g/mol. The van der Waals surface area contributed by atoms with Crippen molar-refractivity contribution in [1.29, 1.82) is 5.26 Å². The highest BCUT2D eigenvalue weighted by Gasteiger charge is 2.35. The fourth-order valence-corrected chi connectivity index (χ4v) is 1.91. The van der Waals surface area contributed by atoms with Crippen LogP contribution in [0.1, 0.15) is 17.7 Å². The van der Waals surface area contributed by atoms with E-state index in [9.17, 15) is 9.59 Å². The Hall–Kier alpha value is -2.42. The van der Waals surface area contributed by atoms with E-state index < -0.39 is 11.9 Å². The third kappa shape index (κ3) is 2.02. The first-order valence-corrected chi connectivity index (χ1v) is 5.44. The number of anilines is 1. The van der Waals surface area contributed by atoms with Crippen molar-refractivity contribution in [2.75, 3.05) is 11.4 Å². The van der Waals surface area contributed by atoms with Gasteiger partial charge in [-0.15, -0.1) is 0 Å². The Kier molecular flexibility index (Phi) is 2.98. The first-order valence-electron chi connectivity index (χ1n) is 5.44. The molecule has 0 radical (unpaired) electrons. The van der Waals surface area contributed by atoms with Crippen LogP contribution in [0.25, 0.3) is 0 Å². The molecule has 0 bridgehead atoms. The molecule has 92 valence electrons. The highest BCUT2D eigenvalue weighted by atomic mass is 16.4. The largest absolute Gasteiger partial charge is 0.481 e. The van der Waals surface area contributed by atoms with Crippen LogP contribution in [0.3, 0.4) is 0 Å². The quantitative estimate of drug-likeness (QED) is 0.827. The summed E-state index contributed by atoms with van der Waals surface area (Å²) >= 11 is 0. The Labute approximate surface area is 103 Å². The molecule has 1 atom stereocenters. The molecule has 1 amide bonds. The summed E-state index contributed by atoms with van der Waals surface area (Å²) in [7, 11) is 0. The minimum Gasteiger partial charge on any atom is -0.481 e. The van der Waals surface area contributed by atoms with Gasteiger partial charge in [0.2, 0.25) is 5.91 Å². The predicted molar refractivity (Wildman–Crippen MR) is 61.8 cm³/mol. The van der Waals surface area contributed by atoms with Gasteiger partial charge in [-0.1, -0.05) is 0 Å². The minimum absolute atomic E-state index is 0.00391. The molecule has 0 aliphatic carbocycles. The van der Waals surface area contributed by atoms with Crippen molar-refractivity contribution in [3.8, 4) is 6.07 Å². The second-order valence-corrected chi connectivity index (χ2v) is 4.16. The van der Waals surface area contributed by atoms with Crippen LogP contribution in [0.2, 0.25) is 0 Å². The molecule has 0 saturated carbocycles. The second kappa shape index (κ2) is 4.45. The number of carboxylic acid groups (broad SMARTS) is 1. The van der Waals surface area contributed by atoms with Gasteiger partial charge in [0.05, 0.1) is 17.2 Å². The number of pyridine rings is 1. The lowest BCUT2D eigenvalue weighted by Gasteiger charge is -2.15. The molecule has 2 rings (SSSR count). The highest BCUT2D eigenvalue weighted by Crippen LogP contribution is 2.24. The average molecular weight is 245 g/mol. The van der Waals surface area contributed by atoms with Crippen LogP contribution in [-0.4, -0.2) is 28.5 Å². The number of nitrogens with zero attached hydrogens (tertiary/aromatic N) is 3. The molecule has 1 N–H and O–H groups in total. The van der Waals surface area contributed by atoms with Crippen LogP contribution in [0.5, 0.6) is 0 Å². The van der Waals surface area contributed by atoms with Gasteiger partial charge in [0.1, 0.15) is 11.9 Å². The second-order valence-electron chi connectivity index (χ2n) is 4.16. The van der Waals surface area contributed by atoms with Gasteiger partial charge < -0.3 is 5.11 Å². The Morgan fingerprint density at radius 3 is 2.83 bits per heavy atom. The molecule has 18 heavy (non-hydrogen) atoms. The molecule has 1 fully saturated rings. The number of rotatable bonds is 2. The fourth-order valence-electron chi connectivity index (χ4n) is 1.91. The third-order valence-electron chi connectivity index (χ3n) is 2.94. The Morgan fingerprint density at radius 2 is 2.33 bits per heavy atom. The Morgan fingerprint density at radius 1 is 1.61 bits per heavy atom. The third-order valence-corrected chi connectivity index (χ3v) is 2.94. The summed E-state index contributed by atoms with van der Waals surface area (Å²) in [6, 6.07) is 5.14. The molecule has 1 aromatic heterocycles. The summed E-state index contributed by atoms with van der Waals surface area (Å²) in [6.07, 6.45) is -0.00391.